The number of methoxy groups -OCH3 is 1. The topological polar surface area (TPSA) is 119 Å². The van der Waals surface area contributed by atoms with Crippen LogP contribution in [0, 0.1) is 11.3 Å². The third-order valence-electron chi connectivity index (χ3n) is 4.06. The largest absolute Gasteiger partial charge is 0.447 e. The number of nitriles is 1. The molecule has 3 rings (SSSR count). The SMILES string of the molecule is COCCOC(=O)Nc1cccc(Cc2nn(-c3cncc(C#N)c3)ccc2=O)c1. The Morgan fingerprint density at radius 1 is 1.23 bits per heavy atom. The number of carbonyl (C=O) groups excluding carboxylic acids is 1. The molecule has 0 aliphatic carbocycles. The van der Waals surface area contributed by atoms with Crippen LogP contribution < -0.4 is 10.7 Å². The molecule has 0 radical (unpaired) electrons. The predicted octanol–water partition coefficient (Wildman–Crippen LogP) is 2.28. The average Bonchev–Trinajstić information content (AvgIpc) is 2.76. The molecule has 0 fully saturated rings. The molecule has 0 saturated heterocycles. The number of amides is 1. The molecule has 30 heavy (non-hydrogen) atoms. The minimum atomic E-state index is -0.589. The molecule has 2 aromatic heterocycles. The van der Waals surface area contributed by atoms with Crippen LogP contribution in [0.5, 0.6) is 0 Å². The zero-order valence-electron chi connectivity index (χ0n) is 16.2. The zero-order chi connectivity index (χ0) is 21.3. The van der Waals surface area contributed by atoms with Gasteiger partial charge in [-0.25, -0.2) is 9.48 Å². The number of hydrogen-bond donors (Lipinski definition) is 1. The van der Waals surface area contributed by atoms with Crippen molar-refractivity contribution in [3.63, 3.8) is 0 Å². The molecule has 0 spiro atoms. The Balaban J connectivity index is 1.77. The molecule has 2 heterocycles. The number of aromatic nitrogens is 3. The maximum absolute atomic E-state index is 12.3. The smallest absolute Gasteiger partial charge is 0.411 e. The van der Waals surface area contributed by atoms with Crippen LogP contribution in [0.1, 0.15) is 16.8 Å². The van der Waals surface area contributed by atoms with Crippen molar-refractivity contribution < 1.29 is 14.3 Å². The Kier molecular flexibility index (Phi) is 6.87. The number of benzene rings is 1. The number of carbonyl (C=O) groups is 1. The molecule has 152 valence electrons. The van der Waals surface area contributed by atoms with Crippen LogP contribution in [0.2, 0.25) is 0 Å². The first-order chi connectivity index (χ1) is 14.6. The van der Waals surface area contributed by atoms with Crippen molar-refractivity contribution in [2.45, 2.75) is 6.42 Å². The van der Waals surface area contributed by atoms with E-state index in [-0.39, 0.29) is 18.5 Å². The van der Waals surface area contributed by atoms with Crippen LogP contribution in [0.15, 0.2) is 59.8 Å². The van der Waals surface area contributed by atoms with Crippen molar-refractivity contribution >= 4 is 11.8 Å². The van der Waals surface area contributed by atoms with E-state index in [1.807, 2.05) is 12.1 Å². The summed E-state index contributed by atoms with van der Waals surface area (Å²) in [6, 6.07) is 12.1. The van der Waals surface area contributed by atoms with E-state index in [1.165, 1.54) is 30.3 Å². The first-order valence-electron chi connectivity index (χ1n) is 9.05. The van der Waals surface area contributed by atoms with Gasteiger partial charge in [-0.3, -0.25) is 15.1 Å². The number of nitrogens with one attached hydrogen (secondary N) is 1. The highest BCUT2D eigenvalue weighted by molar-refractivity contribution is 5.84. The number of pyridine rings is 1. The van der Waals surface area contributed by atoms with Gasteiger partial charge in [-0.05, 0) is 23.8 Å². The average molecular weight is 405 g/mol. The molecule has 1 aromatic carbocycles. The highest BCUT2D eigenvalue weighted by Crippen LogP contribution is 2.14. The second-order valence-electron chi connectivity index (χ2n) is 6.25. The Morgan fingerprint density at radius 2 is 2.10 bits per heavy atom. The second-order valence-corrected chi connectivity index (χ2v) is 6.25. The lowest BCUT2D eigenvalue weighted by Crippen LogP contribution is -2.17. The summed E-state index contributed by atoms with van der Waals surface area (Å²) in [4.78, 5) is 28.1. The fraction of sp³-hybridized carbons (Fsp3) is 0.190. The van der Waals surface area contributed by atoms with E-state index in [0.29, 0.717) is 29.2 Å². The van der Waals surface area contributed by atoms with Gasteiger partial charge in [-0.15, -0.1) is 0 Å². The summed E-state index contributed by atoms with van der Waals surface area (Å²) in [6.45, 7) is 0.462. The van der Waals surface area contributed by atoms with E-state index in [9.17, 15) is 9.59 Å². The monoisotopic (exact) mass is 405 g/mol. The number of rotatable bonds is 7. The van der Waals surface area contributed by atoms with Crippen LogP contribution in [0.3, 0.4) is 0 Å². The van der Waals surface area contributed by atoms with Gasteiger partial charge < -0.3 is 9.47 Å². The van der Waals surface area contributed by atoms with Crippen molar-refractivity contribution in [2.75, 3.05) is 25.6 Å². The van der Waals surface area contributed by atoms with Gasteiger partial charge >= 0.3 is 6.09 Å². The highest BCUT2D eigenvalue weighted by atomic mass is 16.6. The molecule has 0 aliphatic heterocycles. The molecule has 1 N–H and O–H groups in total. The fourth-order valence-electron chi connectivity index (χ4n) is 2.65. The summed E-state index contributed by atoms with van der Waals surface area (Å²) in [7, 11) is 1.52. The van der Waals surface area contributed by atoms with E-state index in [0.717, 1.165) is 5.56 Å². The van der Waals surface area contributed by atoms with Crippen molar-refractivity contribution in [3.05, 3.63) is 82.0 Å². The molecule has 0 atom stereocenters. The summed E-state index contributed by atoms with van der Waals surface area (Å²) in [5.41, 5.74) is 2.40. The molecule has 0 saturated carbocycles. The number of ether oxygens (including phenoxy) is 2. The van der Waals surface area contributed by atoms with Gasteiger partial charge in [0, 0.05) is 37.7 Å². The first-order valence-corrected chi connectivity index (χ1v) is 9.05. The van der Waals surface area contributed by atoms with Gasteiger partial charge in [0.25, 0.3) is 0 Å². The van der Waals surface area contributed by atoms with Crippen molar-refractivity contribution in [1.82, 2.24) is 14.8 Å². The summed E-state index contributed by atoms with van der Waals surface area (Å²) in [5, 5.41) is 16.1. The van der Waals surface area contributed by atoms with E-state index >= 15 is 0 Å². The normalized spacial score (nSPS) is 10.3. The fourth-order valence-corrected chi connectivity index (χ4v) is 2.65. The van der Waals surface area contributed by atoms with Crippen LogP contribution in [0.4, 0.5) is 10.5 Å². The predicted molar refractivity (Wildman–Crippen MR) is 108 cm³/mol. The molecule has 9 nitrogen and oxygen atoms in total. The molecular formula is C21H19N5O4. The van der Waals surface area contributed by atoms with Gasteiger partial charge in [0.2, 0.25) is 5.43 Å². The third kappa shape index (κ3) is 5.50. The lowest BCUT2D eigenvalue weighted by molar-refractivity contribution is 0.107. The van der Waals surface area contributed by atoms with Gasteiger partial charge in [0.1, 0.15) is 18.4 Å². The lowest BCUT2D eigenvalue weighted by Gasteiger charge is -2.09. The van der Waals surface area contributed by atoms with E-state index < -0.39 is 6.09 Å². The van der Waals surface area contributed by atoms with Gasteiger partial charge in [-0.2, -0.15) is 10.4 Å². The molecule has 9 heteroatoms. The lowest BCUT2D eigenvalue weighted by atomic mass is 10.1. The van der Waals surface area contributed by atoms with Gasteiger partial charge in [0.15, 0.2) is 0 Å². The Morgan fingerprint density at radius 3 is 2.90 bits per heavy atom. The van der Waals surface area contributed by atoms with Gasteiger partial charge in [0.05, 0.1) is 24.1 Å². The zero-order valence-corrected chi connectivity index (χ0v) is 16.2. The third-order valence-corrected chi connectivity index (χ3v) is 4.06. The summed E-state index contributed by atoms with van der Waals surface area (Å²) in [6.07, 6.45) is 4.21. The highest BCUT2D eigenvalue weighted by Gasteiger charge is 2.08. The summed E-state index contributed by atoms with van der Waals surface area (Å²) in [5.74, 6) is 0. The quantitative estimate of drug-likeness (QED) is 0.599. The van der Waals surface area contributed by atoms with E-state index in [4.69, 9.17) is 14.7 Å². The second kappa shape index (κ2) is 9.95. The Hall–Kier alpha value is -4.03. The van der Waals surface area contributed by atoms with Crippen molar-refractivity contribution in [3.8, 4) is 11.8 Å². The number of hydrogen-bond acceptors (Lipinski definition) is 7. The molecule has 1 amide bonds. The number of anilines is 1. The van der Waals surface area contributed by atoms with Crippen LogP contribution in [-0.2, 0) is 15.9 Å². The van der Waals surface area contributed by atoms with Crippen molar-refractivity contribution in [2.24, 2.45) is 0 Å². The van der Waals surface area contributed by atoms with Crippen LogP contribution in [0.25, 0.3) is 5.69 Å². The summed E-state index contributed by atoms with van der Waals surface area (Å²) < 4.78 is 11.3. The minimum absolute atomic E-state index is 0.150. The first kappa shape index (κ1) is 20.7. The molecule has 3 aromatic rings. The van der Waals surface area contributed by atoms with Crippen LogP contribution >= 0.6 is 0 Å². The van der Waals surface area contributed by atoms with Gasteiger partial charge in [-0.1, -0.05) is 12.1 Å². The van der Waals surface area contributed by atoms with E-state index in [1.54, 1.807) is 30.5 Å². The van der Waals surface area contributed by atoms with Crippen molar-refractivity contribution in [1.29, 1.82) is 5.26 Å². The Labute approximate surface area is 172 Å². The number of nitrogens with zero attached hydrogens (tertiary/aromatic N) is 4. The van der Waals surface area contributed by atoms with Crippen LogP contribution in [-0.4, -0.2) is 41.2 Å². The maximum Gasteiger partial charge on any atom is 0.411 e. The molecular weight excluding hydrogens is 386 g/mol. The molecule has 0 unspecified atom stereocenters. The summed E-state index contributed by atoms with van der Waals surface area (Å²) >= 11 is 0. The standard InChI is InChI=1S/C21H19N5O4/c1-29-7-8-30-21(28)24-17-4-2-3-15(9-17)11-19-20(27)5-6-26(25-19)18-10-16(12-22)13-23-14-18/h2-6,9-10,13-14H,7-8,11H2,1H3,(H,24,28). The molecule has 0 aliphatic rings. The minimum Gasteiger partial charge on any atom is -0.447 e. The Bertz CT molecular complexity index is 1140. The molecule has 0 bridgehead atoms. The van der Waals surface area contributed by atoms with E-state index in [2.05, 4.69) is 15.4 Å². The maximum atomic E-state index is 12.3.